The number of cyclic esters (lactones) is 1. The smallest absolute Gasteiger partial charge is 0.414 e. The molecule has 8 heteroatoms. The molecule has 0 saturated carbocycles. The van der Waals surface area contributed by atoms with Gasteiger partial charge in [0.05, 0.1) is 19.8 Å². The molecule has 1 aromatic carbocycles. The van der Waals surface area contributed by atoms with Crippen molar-refractivity contribution in [2.24, 2.45) is 0 Å². The number of amides is 1. The molecule has 1 heterocycles. The van der Waals surface area contributed by atoms with Gasteiger partial charge in [-0.25, -0.2) is 4.79 Å². The van der Waals surface area contributed by atoms with Crippen molar-refractivity contribution in [3.63, 3.8) is 0 Å². The minimum atomic E-state index is -4.16. The zero-order valence-corrected chi connectivity index (χ0v) is 12.6. The number of alkyl halides is 3. The zero-order valence-electron chi connectivity index (χ0n) is 12.6. The minimum Gasteiger partial charge on any atom is -0.494 e. The summed E-state index contributed by atoms with van der Waals surface area (Å²) < 4.78 is 51.4. The third-order valence-corrected chi connectivity index (χ3v) is 3.25. The Labute approximate surface area is 131 Å². The van der Waals surface area contributed by atoms with Gasteiger partial charge in [-0.15, -0.1) is 0 Å². The van der Waals surface area contributed by atoms with Gasteiger partial charge in [-0.3, -0.25) is 4.90 Å². The zero-order chi connectivity index (χ0) is 16.9. The molecule has 0 spiro atoms. The van der Waals surface area contributed by atoms with Crippen LogP contribution in [0, 0.1) is 0 Å². The van der Waals surface area contributed by atoms with E-state index < -0.39 is 18.7 Å². The van der Waals surface area contributed by atoms with Gasteiger partial charge in [0.25, 0.3) is 0 Å². The van der Waals surface area contributed by atoms with E-state index in [1.54, 1.807) is 24.3 Å². The van der Waals surface area contributed by atoms with Crippen LogP contribution in [0.5, 0.6) is 5.75 Å². The van der Waals surface area contributed by atoms with Crippen LogP contribution in [0.1, 0.15) is 12.8 Å². The fourth-order valence-corrected chi connectivity index (χ4v) is 2.19. The number of anilines is 1. The van der Waals surface area contributed by atoms with E-state index in [9.17, 15) is 18.0 Å². The second kappa shape index (κ2) is 7.54. The molecule has 1 aliphatic rings. The van der Waals surface area contributed by atoms with Gasteiger partial charge in [-0.1, -0.05) is 0 Å². The second-order valence-electron chi connectivity index (χ2n) is 5.13. The van der Waals surface area contributed by atoms with Crippen LogP contribution >= 0.6 is 0 Å². The van der Waals surface area contributed by atoms with Gasteiger partial charge in [0.15, 0.2) is 0 Å². The molecule has 1 atom stereocenters. The van der Waals surface area contributed by atoms with Crippen LogP contribution in [-0.4, -0.2) is 45.2 Å². The van der Waals surface area contributed by atoms with E-state index in [2.05, 4.69) is 0 Å². The lowest BCUT2D eigenvalue weighted by atomic mass is 10.2. The Morgan fingerprint density at radius 1 is 1.30 bits per heavy atom. The number of carbonyl (C=O) groups excluding carboxylic acids is 1. The molecule has 128 valence electrons. The quantitative estimate of drug-likeness (QED) is 0.718. The van der Waals surface area contributed by atoms with E-state index in [-0.39, 0.29) is 19.1 Å². The molecule has 0 bridgehead atoms. The number of ether oxygens (including phenoxy) is 3. The average Bonchev–Trinajstić information content (AvgIpc) is 2.84. The summed E-state index contributed by atoms with van der Waals surface area (Å²) in [5.74, 6) is 0.455. The number of nitrogens with zero attached hydrogens (tertiary/aromatic N) is 1. The Morgan fingerprint density at radius 2 is 2.00 bits per heavy atom. The first-order chi connectivity index (χ1) is 10.9. The van der Waals surface area contributed by atoms with Crippen LogP contribution < -0.4 is 9.64 Å². The van der Waals surface area contributed by atoms with Crippen LogP contribution in [0.3, 0.4) is 0 Å². The van der Waals surface area contributed by atoms with Gasteiger partial charge in [0.2, 0.25) is 0 Å². The number of halogens is 3. The molecule has 0 radical (unpaired) electrons. The Morgan fingerprint density at radius 3 is 2.61 bits per heavy atom. The fraction of sp³-hybridized carbons (Fsp3) is 0.533. The monoisotopic (exact) mass is 333 g/mol. The molecule has 0 unspecified atom stereocenters. The largest absolute Gasteiger partial charge is 0.494 e. The Hall–Kier alpha value is -1.96. The molecule has 2 rings (SSSR count). The van der Waals surface area contributed by atoms with Crippen molar-refractivity contribution in [3.8, 4) is 5.75 Å². The van der Waals surface area contributed by atoms with E-state index in [1.807, 2.05) is 0 Å². The number of benzene rings is 1. The fourth-order valence-electron chi connectivity index (χ4n) is 2.19. The van der Waals surface area contributed by atoms with Crippen molar-refractivity contribution < 1.29 is 32.2 Å². The van der Waals surface area contributed by atoms with Gasteiger partial charge in [-0.05, 0) is 30.7 Å². The molecule has 1 aliphatic heterocycles. The Kier molecular flexibility index (Phi) is 5.70. The third kappa shape index (κ3) is 5.31. The molecule has 0 aromatic heterocycles. The minimum absolute atomic E-state index is 0.0134. The summed E-state index contributed by atoms with van der Waals surface area (Å²) in [5.41, 5.74) is 0.635. The lowest BCUT2D eigenvalue weighted by Crippen LogP contribution is -2.25. The standard InChI is InChI=1S/C15H18F3NO4/c1-21-10-13-9-19(14(20)23-13)11-3-5-12(6-4-11)22-8-2-7-15(16,17)18/h3-6,13H,2,7-10H2,1H3/t13-/m1/s1. The predicted octanol–water partition coefficient (Wildman–Crippen LogP) is 3.38. The van der Waals surface area contributed by atoms with Crippen LogP contribution in [0.4, 0.5) is 23.7 Å². The molecule has 1 aromatic rings. The van der Waals surface area contributed by atoms with Gasteiger partial charge >= 0.3 is 12.3 Å². The topological polar surface area (TPSA) is 48.0 Å². The molecule has 0 N–H and O–H groups in total. The first-order valence-corrected chi connectivity index (χ1v) is 7.16. The molecule has 1 amide bonds. The van der Waals surface area contributed by atoms with Crippen LogP contribution in [0.2, 0.25) is 0 Å². The molecule has 0 aliphatic carbocycles. The average molecular weight is 333 g/mol. The van der Waals surface area contributed by atoms with Crippen LogP contribution in [0.15, 0.2) is 24.3 Å². The summed E-state index contributed by atoms with van der Waals surface area (Å²) in [4.78, 5) is 13.2. The lowest BCUT2D eigenvalue weighted by molar-refractivity contribution is -0.136. The third-order valence-electron chi connectivity index (χ3n) is 3.25. The van der Waals surface area contributed by atoms with Crippen molar-refractivity contribution in [2.45, 2.75) is 25.1 Å². The van der Waals surface area contributed by atoms with E-state index in [1.165, 1.54) is 12.0 Å². The van der Waals surface area contributed by atoms with Crippen molar-refractivity contribution in [3.05, 3.63) is 24.3 Å². The number of hydrogen-bond acceptors (Lipinski definition) is 4. The lowest BCUT2D eigenvalue weighted by Gasteiger charge is -2.14. The SMILES string of the molecule is COC[C@H]1CN(c2ccc(OCCCC(F)(F)F)cc2)C(=O)O1. The first-order valence-electron chi connectivity index (χ1n) is 7.16. The van der Waals surface area contributed by atoms with E-state index in [0.29, 0.717) is 24.6 Å². The second-order valence-corrected chi connectivity index (χ2v) is 5.13. The van der Waals surface area contributed by atoms with E-state index in [0.717, 1.165) is 0 Å². The molecular weight excluding hydrogens is 315 g/mol. The van der Waals surface area contributed by atoms with Gasteiger partial charge in [-0.2, -0.15) is 13.2 Å². The Balaban J connectivity index is 1.84. The van der Waals surface area contributed by atoms with E-state index >= 15 is 0 Å². The molecule has 23 heavy (non-hydrogen) atoms. The first kappa shape index (κ1) is 17.4. The molecular formula is C15H18F3NO4. The maximum Gasteiger partial charge on any atom is 0.414 e. The van der Waals surface area contributed by atoms with Crippen LogP contribution in [-0.2, 0) is 9.47 Å². The highest BCUT2D eigenvalue weighted by molar-refractivity contribution is 5.89. The Bertz CT molecular complexity index is 518. The summed E-state index contributed by atoms with van der Waals surface area (Å²) in [6.07, 6.45) is -5.90. The number of hydrogen-bond donors (Lipinski definition) is 0. The summed E-state index contributed by atoms with van der Waals surface area (Å²) in [6, 6.07) is 6.55. The highest BCUT2D eigenvalue weighted by Crippen LogP contribution is 2.25. The summed E-state index contributed by atoms with van der Waals surface area (Å²) in [5, 5.41) is 0. The summed E-state index contributed by atoms with van der Waals surface area (Å²) in [6.45, 7) is 0.696. The van der Waals surface area contributed by atoms with Gasteiger partial charge in [0, 0.05) is 19.2 Å². The molecule has 1 fully saturated rings. The number of rotatable bonds is 7. The maximum atomic E-state index is 12.0. The maximum absolute atomic E-state index is 12.0. The van der Waals surface area contributed by atoms with Crippen molar-refractivity contribution >= 4 is 11.8 Å². The summed E-state index contributed by atoms with van der Waals surface area (Å²) >= 11 is 0. The highest BCUT2D eigenvalue weighted by Gasteiger charge is 2.32. The number of carbonyl (C=O) groups is 1. The van der Waals surface area contributed by atoms with Gasteiger partial charge < -0.3 is 14.2 Å². The normalized spacial score (nSPS) is 18.2. The summed E-state index contributed by atoms with van der Waals surface area (Å²) in [7, 11) is 1.53. The number of methoxy groups -OCH3 is 1. The van der Waals surface area contributed by atoms with Crippen LogP contribution in [0.25, 0.3) is 0 Å². The van der Waals surface area contributed by atoms with Gasteiger partial charge in [0.1, 0.15) is 11.9 Å². The van der Waals surface area contributed by atoms with Crippen molar-refractivity contribution in [1.82, 2.24) is 0 Å². The molecule has 5 nitrogen and oxygen atoms in total. The predicted molar refractivity (Wildman–Crippen MR) is 76.7 cm³/mol. The van der Waals surface area contributed by atoms with Crippen molar-refractivity contribution in [1.29, 1.82) is 0 Å². The van der Waals surface area contributed by atoms with Crippen molar-refractivity contribution in [2.75, 3.05) is 31.8 Å². The molecule has 1 saturated heterocycles. The van der Waals surface area contributed by atoms with E-state index in [4.69, 9.17) is 14.2 Å². The highest BCUT2D eigenvalue weighted by atomic mass is 19.4.